The van der Waals surface area contributed by atoms with E-state index in [1.54, 1.807) is 0 Å². The van der Waals surface area contributed by atoms with Crippen LogP contribution in [-0.4, -0.2) is 9.97 Å². The van der Waals surface area contributed by atoms with E-state index >= 15 is 0 Å². The number of aromatic nitrogens is 2. The Morgan fingerprint density at radius 2 is 0.583 bits per heavy atom. The third kappa shape index (κ3) is 3.79. The summed E-state index contributed by atoms with van der Waals surface area (Å²) in [6.07, 6.45) is 0. The van der Waals surface area contributed by atoms with Crippen LogP contribution in [0.4, 0.5) is 0 Å². The highest BCUT2D eigenvalue weighted by Crippen LogP contribution is 2.40. The van der Waals surface area contributed by atoms with Gasteiger partial charge in [0.15, 0.2) is 0 Å². The molecular formula is C34H38N2. The molecule has 2 aromatic heterocycles. The highest BCUT2D eigenvalue weighted by molar-refractivity contribution is 5.46. The van der Waals surface area contributed by atoms with Crippen LogP contribution in [0.15, 0.2) is 84.9 Å². The van der Waals surface area contributed by atoms with E-state index in [2.05, 4.69) is 140 Å². The summed E-state index contributed by atoms with van der Waals surface area (Å²) in [4.78, 5) is 10.6. The van der Waals surface area contributed by atoms with Gasteiger partial charge in [0.05, 0.1) is 22.8 Å². The normalized spacial score (nSPS) is 18.9. The number of nitrogens with zero attached hydrogens (tertiary/aromatic N) is 2. The zero-order chi connectivity index (χ0) is 25.9. The van der Waals surface area contributed by atoms with Crippen molar-refractivity contribution in [3.8, 4) is 0 Å². The summed E-state index contributed by atoms with van der Waals surface area (Å²) in [6, 6.07) is 31.0. The molecule has 1 aliphatic heterocycles. The van der Waals surface area contributed by atoms with E-state index in [-0.39, 0.29) is 21.7 Å². The molecule has 0 fully saturated rings. The Hall–Kier alpha value is -3.26. The molecule has 8 bridgehead atoms. The standard InChI is InChI=1S/C34H38N2/c1-31(2)23-13-9-14-24(21-23)32(3,4)29-19-12-20-30(36-29)34(7,8)26-16-10-15-25(22-26)33(5,6)28-18-11-17-27(31)35-28/h9-22H,1-8H3. The van der Waals surface area contributed by atoms with Gasteiger partial charge >= 0.3 is 0 Å². The lowest BCUT2D eigenvalue weighted by molar-refractivity contribution is 0.556. The van der Waals surface area contributed by atoms with Crippen molar-refractivity contribution in [3.05, 3.63) is 130 Å². The van der Waals surface area contributed by atoms with Gasteiger partial charge in [-0.1, -0.05) is 116 Å². The highest BCUT2D eigenvalue weighted by Gasteiger charge is 2.34. The summed E-state index contributed by atoms with van der Waals surface area (Å²) in [5.41, 5.74) is 8.45. The number of hydrogen-bond donors (Lipinski definition) is 0. The predicted molar refractivity (Wildman–Crippen MR) is 150 cm³/mol. The monoisotopic (exact) mass is 474 g/mol. The Bertz CT molecular complexity index is 1130. The minimum absolute atomic E-state index is 0.242. The molecule has 5 rings (SSSR count). The van der Waals surface area contributed by atoms with Gasteiger partial charge in [0.25, 0.3) is 0 Å². The molecule has 0 radical (unpaired) electrons. The van der Waals surface area contributed by atoms with E-state index in [0.717, 1.165) is 22.8 Å². The molecule has 0 N–H and O–H groups in total. The Kier molecular flexibility index (Phi) is 5.52. The molecule has 1 aliphatic rings. The van der Waals surface area contributed by atoms with Crippen LogP contribution < -0.4 is 0 Å². The molecule has 4 aromatic rings. The van der Waals surface area contributed by atoms with Crippen LogP contribution in [0.2, 0.25) is 0 Å². The second-order valence-electron chi connectivity index (χ2n) is 12.5. The van der Waals surface area contributed by atoms with Gasteiger partial charge in [0.1, 0.15) is 0 Å². The van der Waals surface area contributed by atoms with E-state index in [0.29, 0.717) is 0 Å². The molecule has 0 amide bonds. The van der Waals surface area contributed by atoms with E-state index in [1.165, 1.54) is 22.3 Å². The molecular weight excluding hydrogens is 436 g/mol. The van der Waals surface area contributed by atoms with E-state index in [9.17, 15) is 0 Å². The molecule has 0 spiro atoms. The maximum Gasteiger partial charge on any atom is 0.0507 e. The smallest absolute Gasteiger partial charge is 0.0507 e. The van der Waals surface area contributed by atoms with Crippen LogP contribution in [0.3, 0.4) is 0 Å². The number of rotatable bonds is 0. The molecule has 2 aromatic carbocycles. The molecule has 2 heteroatoms. The first-order valence-corrected chi connectivity index (χ1v) is 13.0. The van der Waals surface area contributed by atoms with Crippen molar-refractivity contribution in [2.45, 2.75) is 77.0 Å². The van der Waals surface area contributed by atoms with Crippen molar-refractivity contribution in [2.24, 2.45) is 0 Å². The topological polar surface area (TPSA) is 25.8 Å². The van der Waals surface area contributed by atoms with Crippen molar-refractivity contribution in [1.29, 1.82) is 0 Å². The molecule has 0 saturated heterocycles. The fourth-order valence-corrected chi connectivity index (χ4v) is 5.45. The lowest BCUT2D eigenvalue weighted by Crippen LogP contribution is -2.29. The second kappa shape index (κ2) is 8.13. The summed E-state index contributed by atoms with van der Waals surface area (Å²) in [7, 11) is 0. The molecule has 0 unspecified atom stereocenters. The Morgan fingerprint density at radius 3 is 0.833 bits per heavy atom. The summed E-state index contributed by atoms with van der Waals surface area (Å²) < 4.78 is 0. The summed E-state index contributed by atoms with van der Waals surface area (Å²) >= 11 is 0. The third-order valence-electron chi connectivity index (χ3n) is 8.67. The SMILES string of the molecule is CC1(C)c2cccc(c2)C(C)(C)c2cccc(n2)C(C)(C)c2cccc(c2)C(C)(C)c2cccc1n2. The van der Waals surface area contributed by atoms with E-state index in [4.69, 9.17) is 9.97 Å². The van der Waals surface area contributed by atoms with Gasteiger partial charge in [0, 0.05) is 21.7 Å². The fraction of sp³-hybridized carbons (Fsp3) is 0.353. The number of fused-ring (bicyclic) bond motifs is 8. The van der Waals surface area contributed by atoms with Crippen LogP contribution >= 0.6 is 0 Å². The number of pyridine rings is 2. The summed E-state index contributed by atoms with van der Waals surface area (Å²) in [5.74, 6) is 0. The molecule has 36 heavy (non-hydrogen) atoms. The van der Waals surface area contributed by atoms with Gasteiger partial charge in [-0.05, 0) is 46.5 Å². The lowest BCUT2D eigenvalue weighted by atomic mass is 9.73. The van der Waals surface area contributed by atoms with Gasteiger partial charge < -0.3 is 0 Å². The molecule has 3 heterocycles. The zero-order valence-electron chi connectivity index (χ0n) is 23.0. The average Bonchev–Trinajstić information content (AvgIpc) is 2.88. The largest absolute Gasteiger partial charge is 0.256 e. The molecule has 0 atom stereocenters. The molecule has 2 nitrogen and oxygen atoms in total. The van der Waals surface area contributed by atoms with Gasteiger partial charge in [-0.25, -0.2) is 0 Å². The molecule has 184 valence electrons. The first-order valence-electron chi connectivity index (χ1n) is 13.0. The predicted octanol–water partition coefficient (Wildman–Crippen LogP) is 8.09. The first kappa shape index (κ1) is 24.4. The molecule has 0 aliphatic carbocycles. The fourth-order valence-electron chi connectivity index (χ4n) is 5.45. The van der Waals surface area contributed by atoms with Crippen molar-refractivity contribution < 1.29 is 0 Å². The molecule has 0 saturated carbocycles. The van der Waals surface area contributed by atoms with Crippen LogP contribution in [0.25, 0.3) is 0 Å². The summed E-state index contributed by atoms with van der Waals surface area (Å²) in [6.45, 7) is 18.2. The first-order chi connectivity index (χ1) is 16.8. The zero-order valence-corrected chi connectivity index (χ0v) is 23.0. The Morgan fingerprint density at radius 1 is 0.361 bits per heavy atom. The van der Waals surface area contributed by atoms with Gasteiger partial charge in [-0.3, -0.25) is 9.97 Å². The minimum Gasteiger partial charge on any atom is -0.256 e. The van der Waals surface area contributed by atoms with Crippen LogP contribution in [0, 0.1) is 0 Å². The van der Waals surface area contributed by atoms with Crippen molar-refractivity contribution in [2.75, 3.05) is 0 Å². The Labute approximate surface area is 216 Å². The maximum atomic E-state index is 5.30. The van der Waals surface area contributed by atoms with Gasteiger partial charge in [0.2, 0.25) is 0 Å². The van der Waals surface area contributed by atoms with E-state index < -0.39 is 0 Å². The van der Waals surface area contributed by atoms with Gasteiger partial charge in [-0.2, -0.15) is 0 Å². The average molecular weight is 475 g/mol. The third-order valence-corrected chi connectivity index (χ3v) is 8.67. The summed E-state index contributed by atoms with van der Waals surface area (Å²) in [5, 5.41) is 0. The van der Waals surface area contributed by atoms with E-state index in [1.807, 2.05) is 0 Å². The van der Waals surface area contributed by atoms with Crippen molar-refractivity contribution in [3.63, 3.8) is 0 Å². The quantitative estimate of drug-likeness (QED) is 0.257. The maximum absolute atomic E-state index is 5.30. The van der Waals surface area contributed by atoms with Gasteiger partial charge in [-0.15, -0.1) is 0 Å². The number of hydrogen-bond acceptors (Lipinski definition) is 2. The van der Waals surface area contributed by atoms with Crippen LogP contribution in [0.5, 0.6) is 0 Å². The highest BCUT2D eigenvalue weighted by atomic mass is 14.8. The van der Waals surface area contributed by atoms with Crippen LogP contribution in [0.1, 0.15) is 100 Å². The Balaban J connectivity index is 1.84. The lowest BCUT2D eigenvalue weighted by Gasteiger charge is -2.33. The van der Waals surface area contributed by atoms with Crippen molar-refractivity contribution in [1.82, 2.24) is 9.97 Å². The second-order valence-corrected chi connectivity index (χ2v) is 12.5. The van der Waals surface area contributed by atoms with Crippen molar-refractivity contribution >= 4 is 0 Å². The minimum atomic E-state index is -0.242. The number of benzene rings is 2. The van der Waals surface area contributed by atoms with Crippen LogP contribution in [-0.2, 0) is 21.7 Å².